The molecule has 2 atom stereocenters. The smallest absolute Gasteiger partial charge is 0.145 e. The van der Waals surface area contributed by atoms with Gasteiger partial charge in [-0.1, -0.05) is 70.9 Å². The lowest BCUT2D eigenvalue weighted by atomic mass is 9.64. The van der Waals surface area contributed by atoms with Crippen molar-refractivity contribution in [1.82, 2.24) is 0 Å². The summed E-state index contributed by atoms with van der Waals surface area (Å²) in [5.74, 6) is 0.440. The summed E-state index contributed by atoms with van der Waals surface area (Å²) >= 11 is 0. The molecule has 0 aromatic carbocycles. The largest absolute Gasteiger partial charge is 0.298 e. The molecule has 0 amide bonds. The Bertz CT molecular complexity index is 325. The first-order chi connectivity index (χ1) is 9.98. The van der Waals surface area contributed by atoms with Gasteiger partial charge in [0.1, 0.15) is 5.78 Å². The second kappa shape index (κ2) is 8.56. The third kappa shape index (κ3) is 5.13. The van der Waals surface area contributed by atoms with Gasteiger partial charge in [-0.25, -0.2) is 0 Å². The van der Waals surface area contributed by atoms with Crippen molar-refractivity contribution in [3.8, 4) is 0 Å². The molecule has 1 aliphatic carbocycles. The fraction of sp³-hybridized carbons (Fsp3) is 0.750. The summed E-state index contributed by atoms with van der Waals surface area (Å²) in [5.41, 5.74) is -0.475. The lowest BCUT2D eigenvalue weighted by molar-refractivity contribution is -0.138. The van der Waals surface area contributed by atoms with Gasteiger partial charge < -0.3 is 0 Å². The van der Waals surface area contributed by atoms with Crippen LogP contribution in [0.15, 0.2) is 25.3 Å². The molecule has 1 saturated carbocycles. The minimum atomic E-state index is -0.237. The second-order valence-electron chi connectivity index (χ2n) is 7.41. The lowest BCUT2D eigenvalue weighted by Crippen LogP contribution is -2.40. The molecule has 0 aliphatic heterocycles. The Balaban J connectivity index is 2.98. The number of ketones is 1. The van der Waals surface area contributed by atoms with Gasteiger partial charge in [-0.05, 0) is 25.7 Å². The zero-order valence-corrected chi connectivity index (χ0v) is 14.3. The van der Waals surface area contributed by atoms with Crippen LogP contribution in [0.4, 0.5) is 0 Å². The molecule has 21 heavy (non-hydrogen) atoms. The van der Waals surface area contributed by atoms with Crippen molar-refractivity contribution in [1.29, 1.82) is 0 Å². The van der Waals surface area contributed by atoms with Crippen molar-refractivity contribution < 1.29 is 4.79 Å². The Morgan fingerprint density at radius 3 is 1.48 bits per heavy atom. The van der Waals surface area contributed by atoms with E-state index in [9.17, 15) is 4.79 Å². The van der Waals surface area contributed by atoms with Gasteiger partial charge >= 0.3 is 0 Å². The standard InChI is InChI=1S/C20H34O/c1-5-14-19(3)16-12-10-8-7-9-11-13-17-20(4,15-6-2)18(19)21/h5-6H,1-2,7-17H2,3-4H3. The van der Waals surface area contributed by atoms with Crippen LogP contribution in [0.2, 0.25) is 0 Å². The van der Waals surface area contributed by atoms with Crippen LogP contribution in [0.5, 0.6) is 0 Å². The number of Topliss-reactive ketones (excluding diaryl/α,β-unsaturated/α-hetero) is 1. The highest BCUT2D eigenvalue weighted by atomic mass is 16.1. The Labute approximate surface area is 131 Å². The maximum atomic E-state index is 13.3. The Morgan fingerprint density at radius 2 is 1.14 bits per heavy atom. The fourth-order valence-electron chi connectivity index (χ4n) is 3.90. The number of rotatable bonds is 4. The number of carbonyl (C=O) groups is 1. The molecule has 0 N–H and O–H groups in total. The molecular weight excluding hydrogens is 256 g/mol. The maximum absolute atomic E-state index is 13.3. The predicted octanol–water partition coefficient (Wildman–Crippen LogP) is 6.24. The molecule has 0 heterocycles. The summed E-state index contributed by atoms with van der Waals surface area (Å²) < 4.78 is 0. The van der Waals surface area contributed by atoms with Gasteiger partial charge in [-0.15, -0.1) is 13.2 Å². The van der Waals surface area contributed by atoms with E-state index in [1.807, 2.05) is 12.2 Å². The number of hydrogen-bond acceptors (Lipinski definition) is 1. The van der Waals surface area contributed by atoms with Gasteiger partial charge in [0.15, 0.2) is 0 Å². The Morgan fingerprint density at radius 1 is 0.810 bits per heavy atom. The van der Waals surface area contributed by atoms with Crippen molar-refractivity contribution in [2.75, 3.05) is 0 Å². The van der Waals surface area contributed by atoms with Gasteiger partial charge in [0.2, 0.25) is 0 Å². The van der Waals surface area contributed by atoms with E-state index in [0.29, 0.717) is 5.78 Å². The van der Waals surface area contributed by atoms with Crippen LogP contribution in [0, 0.1) is 10.8 Å². The molecule has 120 valence electrons. The molecule has 0 aromatic heterocycles. The van der Waals surface area contributed by atoms with Crippen LogP contribution in [0.25, 0.3) is 0 Å². The number of carbonyl (C=O) groups excluding carboxylic acids is 1. The van der Waals surface area contributed by atoms with E-state index < -0.39 is 0 Å². The van der Waals surface area contributed by atoms with E-state index in [-0.39, 0.29) is 10.8 Å². The van der Waals surface area contributed by atoms with E-state index in [1.165, 1.54) is 44.9 Å². The molecule has 0 aromatic rings. The van der Waals surface area contributed by atoms with E-state index in [1.54, 1.807) is 0 Å². The van der Waals surface area contributed by atoms with Crippen molar-refractivity contribution in [2.24, 2.45) is 10.8 Å². The first kappa shape index (κ1) is 18.2. The summed E-state index contributed by atoms with van der Waals surface area (Å²) in [5, 5.41) is 0. The third-order valence-corrected chi connectivity index (χ3v) is 5.24. The molecular formula is C20H34O. The highest BCUT2D eigenvalue weighted by molar-refractivity contribution is 5.90. The normalized spacial score (nSPS) is 32.8. The average molecular weight is 290 g/mol. The van der Waals surface area contributed by atoms with Gasteiger partial charge in [-0.3, -0.25) is 4.79 Å². The Hall–Kier alpha value is -0.850. The summed E-state index contributed by atoms with van der Waals surface area (Å²) in [6.07, 6.45) is 16.3. The van der Waals surface area contributed by atoms with Gasteiger partial charge in [0, 0.05) is 10.8 Å². The molecule has 1 aliphatic rings. The predicted molar refractivity (Wildman–Crippen MR) is 92.4 cm³/mol. The van der Waals surface area contributed by atoms with Crippen LogP contribution in [-0.4, -0.2) is 5.78 Å². The molecule has 1 nitrogen and oxygen atoms in total. The summed E-state index contributed by atoms with van der Waals surface area (Å²) in [4.78, 5) is 13.3. The fourth-order valence-corrected chi connectivity index (χ4v) is 3.90. The van der Waals surface area contributed by atoms with Crippen LogP contribution >= 0.6 is 0 Å². The van der Waals surface area contributed by atoms with E-state index in [0.717, 1.165) is 25.7 Å². The molecule has 1 heteroatoms. The van der Waals surface area contributed by atoms with E-state index in [2.05, 4.69) is 27.0 Å². The number of allylic oxidation sites excluding steroid dienone is 2. The minimum absolute atomic E-state index is 0.237. The Kier molecular flexibility index (Phi) is 7.42. The van der Waals surface area contributed by atoms with Gasteiger partial charge in [-0.2, -0.15) is 0 Å². The summed E-state index contributed by atoms with van der Waals surface area (Å²) in [6, 6.07) is 0. The molecule has 0 spiro atoms. The first-order valence-corrected chi connectivity index (χ1v) is 8.75. The van der Waals surface area contributed by atoms with Crippen LogP contribution in [-0.2, 0) is 4.79 Å². The van der Waals surface area contributed by atoms with Crippen molar-refractivity contribution >= 4 is 5.78 Å². The highest BCUT2D eigenvalue weighted by Gasteiger charge is 2.42. The maximum Gasteiger partial charge on any atom is 0.145 e. The van der Waals surface area contributed by atoms with E-state index >= 15 is 0 Å². The van der Waals surface area contributed by atoms with E-state index in [4.69, 9.17) is 0 Å². The zero-order chi connectivity index (χ0) is 15.8. The molecule has 2 unspecified atom stereocenters. The van der Waals surface area contributed by atoms with Crippen molar-refractivity contribution in [3.63, 3.8) is 0 Å². The quantitative estimate of drug-likeness (QED) is 0.560. The second-order valence-corrected chi connectivity index (χ2v) is 7.41. The molecule has 1 rings (SSSR count). The molecule has 0 radical (unpaired) electrons. The van der Waals surface area contributed by atoms with Crippen molar-refractivity contribution in [3.05, 3.63) is 25.3 Å². The average Bonchev–Trinajstić information content (AvgIpc) is 2.44. The van der Waals surface area contributed by atoms with Crippen LogP contribution in [0.1, 0.15) is 84.5 Å². The summed E-state index contributed by atoms with van der Waals surface area (Å²) in [6.45, 7) is 12.1. The first-order valence-electron chi connectivity index (χ1n) is 8.75. The lowest BCUT2D eigenvalue weighted by Gasteiger charge is -2.38. The summed E-state index contributed by atoms with van der Waals surface area (Å²) in [7, 11) is 0. The molecule has 1 fully saturated rings. The van der Waals surface area contributed by atoms with Gasteiger partial charge in [0.25, 0.3) is 0 Å². The number of hydrogen-bond donors (Lipinski definition) is 0. The topological polar surface area (TPSA) is 17.1 Å². The highest BCUT2D eigenvalue weighted by Crippen LogP contribution is 2.42. The van der Waals surface area contributed by atoms with Crippen LogP contribution < -0.4 is 0 Å². The third-order valence-electron chi connectivity index (χ3n) is 5.24. The molecule has 0 saturated heterocycles. The SMILES string of the molecule is C=CCC1(C)CCCCCCCCCC(C)(CC=C)C1=O. The monoisotopic (exact) mass is 290 g/mol. The van der Waals surface area contributed by atoms with Crippen LogP contribution in [0.3, 0.4) is 0 Å². The van der Waals surface area contributed by atoms with Crippen molar-refractivity contribution in [2.45, 2.75) is 84.5 Å². The van der Waals surface area contributed by atoms with Gasteiger partial charge in [0.05, 0.1) is 0 Å². The molecule has 0 bridgehead atoms. The zero-order valence-electron chi connectivity index (χ0n) is 14.3. The minimum Gasteiger partial charge on any atom is -0.298 e.